The van der Waals surface area contributed by atoms with Crippen molar-refractivity contribution in [2.75, 3.05) is 5.73 Å². The van der Waals surface area contributed by atoms with E-state index in [1.165, 1.54) is 10.9 Å². The first-order chi connectivity index (χ1) is 6.68. The Hall–Kier alpha value is -1.51. The summed E-state index contributed by atoms with van der Waals surface area (Å²) in [6, 6.07) is 5.93. The number of benzene rings is 1. The largest absolute Gasteiger partial charge is 0.399 e. The molecule has 14 heavy (non-hydrogen) atoms. The van der Waals surface area contributed by atoms with E-state index in [0.29, 0.717) is 0 Å². The van der Waals surface area contributed by atoms with E-state index in [1.54, 1.807) is 0 Å². The monoisotopic (exact) mass is 192 g/mol. The second-order valence-corrected chi connectivity index (χ2v) is 3.04. The van der Waals surface area contributed by atoms with Crippen LogP contribution in [0, 0.1) is 0 Å². The summed E-state index contributed by atoms with van der Waals surface area (Å²) in [4.78, 5) is 0. The van der Waals surface area contributed by atoms with Gasteiger partial charge in [-0.2, -0.15) is 4.68 Å². The molecule has 2 aromatic rings. The van der Waals surface area contributed by atoms with E-state index in [1.807, 2.05) is 50.8 Å². The van der Waals surface area contributed by atoms with Gasteiger partial charge in [-0.3, -0.25) is 0 Å². The quantitative estimate of drug-likeness (QED) is 0.499. The highest BCUT2D eigenvalue weighted by molar-refractivity contribution is 5.80. The van der Waals surface area contributed by atoms with Gasteiger partial charge in [-0.25, -0.2) is 0 Å². The fraction of sp³-hybridized carbons (Fsp3) is 0.364. The predicted molar refractivity (Wildman–Crippen MR) is 59.9 cm³/mol. The first kappa shape index (κ1) is 10.6. The van der Waals surface area contributed by atoms with Crippen LogP contribution in [0.1, 0.15) is 13.8 Å². The Labute approximate surface area is 84.7 Å². The number of nitrogens with zero attached hydrogens (tertiary/aromatic N) is 2. The zero-order valence-electron chi connectivity index (χ0n) is 9.28. The number of nitrogens with two attached hydrogens (primary N) is 1. The van der Waals surface area contributed by atoms with E-state index in [4.69, 9.17) is 5.73 Å². The summed E-state index contributed by atoms with van der Waals surface area (Å²) in [6.07, 6.45) is 2.06. The molecule has 1 aromatic heterocycles. The van der Waals surface area contributed by atoms with Crippen molar-refractivity contribution in [1.29, 1.82) is 0 Å². The molecule has 0 amide bonds. The lowest BCUT2D eigenvalue weighted by molar-refractivity contribution is -0.748. The van der Waals surface area contributed by atoms with Gasteiger partial charge in [0.15, 0.2) is 7.05 Å². The van der Waals surface area contributed by atoms with Crippen LogP contribution >= 0.6 is 0 Å². The minimum absolute atomic E-state index is 0.814. The average Bonchev–Trinajstić information content (AvgIpc) is 2.45. The van der Waals surface area contributed by atoms with Crippen molar-refractivity contribution in [2.24, 2.45) is 14.1 Å². The van der Waals surface area contributed by atoms with Crippen LogP contribution in [0.2, 0.25) is 0 Å². The van der Waals surface area contributed by atoms with Gasteiger partial charge in [0.05, 0.1) is 12.4 Å². The Morgan fingerprint density at radius 1 is 1.29 bits per heavy atom. The van der Waals surface area contributed by atoms with E-state index in [9.17, 15) is 0 Å². The first-order valence-corrected chi connectivity index (χ1v) is 4.89. The molecule has 0 aliphatic heterocycles. The molecule has 0 fully saturated rings. The molecule has 76 valence electrons. The number of aryl methyl sites for hydroxylation is 2. The maximum Gasteiger partial charge on any atom is 0.203 e. The number of anilines is 1. The van der Waals surface area contributed by atoms with Crippen molar-refractivity contribution in [2.45, 2.75) is 13.8 Å². The smallest absolute Gasteiger partial charge is 0.203 e. The van der Waals surface area contributed by atoms with Gasteiger partial charge in [-0.1, -0.05) is 13.8 Å². The minimum Gasteiger partial charge on any atom is -0.399 e. The van der Waals surface area contributed by atoms with Crippen LogP contribution in [-0.4, -0.2) is 4.68 Å². The van der Waals surface area contributed by atoms with Gasteiger partial charge in [0, 0.05) is 5.69 Å². The van der Waals surface area contributed by atoms with Gasteiger partial charge in [0.25, 0.3) is 0 Å². The third-order valence-electron chi connectivity index (χ3n) is 2.20. The average molecular weight is 192 g/mol. The highest BCUT2D eigenvalue weighted by Gasteiger charge is 2.07. The summed E-state index contributed by atoms with van der Waals surface area (Å²) in [5.74, 6) is 0. The number of hydrogen-bond acceptors (Lipinski definition) is 1. The third kappa shape index (κ3) is 1.71. The standard InChI is InChI=1S/C9H12N3.C2H6/c1-11-6-7-5-8(10)3-4-9(7)12(11)2;1-2/h3-6H,10H2,1-2H3;1-2H3/q+1;. The van der Waals surface area contributed by atoms with Crippen molar-refractivity contribution in [3.05, 3.63) is 24.4 Å². The van der Waals surface area contributed by atoms with Crippen molar-refractivity contribution in [3.8, 4) is 0 Å². The maximum absolute atomic E-state index is 5.66. The van der Waals surface area contributed by atoms with Crippen LogP contribution < -0.4 is 10.4 Å². The Morgan fingerprint density at radius 3 is 2.57 bits per heavy atom. The molecule has 2 N–H and O–H groups in total. The van der Waals surface area contributed by atoms with Gasteiger partial charge in [-0.05, 0) is 18.2 Å². The number of hydrogen-bond donors (Lipinski definition) is 1. The molecular formula is C11H18N3+. The van der Waals surface area contributed by atoms with Crippen molar-refractivity contribution in [1.82, 2.24) is 4.68 Å². The van der Waals surface area contributed by atoms with Crippen molar-refractivity contribution >= 4 is 16.6 Å². The van der Waals surface area contributed by atoms with E-state index in [-0.39, 0.29) is 0 Å². The third-order valence-corrected chi connectivity index (χ3v) is 2.20. The summed E-state index contributed by atoms with van der Waals surface area (Å²) >= 11 is 0. The Morgan fingerprint density at radius 2 is 1.93 bits per heavy atom. The van der Waals surface area contributed by atoms with E-state index < -0.39 is 0 Å². The van der Waals surface area contributed by atoms with Crippen LogP contribution in [0.4, 0.5) is 5.69 Å². The summed E-state index contributed by atoms with van der Waals surface area (Å²) < 4.78 is 4.11. The van der Waals surface area contributed by atoms with E-state index in [0.717, 1.165) is 5.69 Å². The van der Waals surface area contributed by atoms with Gasteiger partial charge in [0.2, 0.25) is 6.20 Å². The fourth-order valence-electron chi connectivity index (χ4n) is 1.43. The van der Waals surface area contributed by atoms with E-state index in [2.05, 4.69) is 10.9 Å². The summed E-state index contributed by atoms with van der Waals surface area (Å²) in [5, 5.41) is 1.18. The molecule has 0 spiro atoms. The van der Waals surface area contributed by atoms with Gasteiger partial charge < -0.3 is 5.73 Å². The maximum atomic E-state index is 5.66. The Balaban J connectivity index is 0.000000461. The van der Waals surface area contributed by atoms with Crippen molar-refractivity contribution < 1.29 is 4.68 Å². The molecule has 0 radical (unpaired) electrons. The van der Waals surface area contributed by atoms with E-state index >= 15 is 0 Å². The molecule has 3 heteroatoms. The van der Waals surface area contributed by atoms with Gasteiger partial charge in [-0.15, -0.1) is 4.68 Å². The lowest BCUT2D eigenvalue weighted by Crippen LogP contribution is -2.35. The molecule has 0 aliphatic carbocycles. The molecule has 0 saturated heterocycles. The van der Waals surface area contributed by atoms with Crippen molar-refractivity contribution in [3.63, 3.8) is 0 Å². The fourth-order valence-corrected chi connectivity index (χ4v) is 1.43. The molecule has 0 bridgehead atoms. The molecule has 2 rings (SSSR count). The predicted octanol–water partition coefficient (Wildman–Crippen LogP) is 1.61. The number of fused-ring (bicyclic) bond motifs is 1. The van der Waals surface area contributed by atoms with Gasteiger partial charge in [0.1, 0.15) is 5.52 Å². The minimum atomic E-state index is 0.814. The summed E-state index contributed by atoms with van der Waals surface area (Å²) in [6.45, 7) is 4.00. The number of nitrogen functional groups attached to an aromatic ring is 1. The van der Waals surface area contributed by atoms with Crippen LogP contribution in [0.15, 0.2) is 24.4 Å². The summed E-state index contributed by atoms with van der Waals surface area (Å²) in [7, 11) is 4.04. The molecule has 0 saturated carbocycles. The first-order valence-electron chi connectivity index (χ1n) is 4.89. The molecule has 1 heterocycles. The van der Waals surface area contributed by atoms with Crippen LogP contribution in [-0.2, 0) is 14.1 Å². The van der Waals surface area contributed by atoms with Crippen LogP contribution in [0.3, 0.4) is 0 Å². The Bertz CT molecular complexity index is 429. The second kappa shape index (κ2) is 4.13. The normalized spacial score (nSPS) is 9.71. The molecular weight excluding hydrogens is 174 g/mol. The zero-order chi connectivity index (χ0) is 10.7. The number of rotatable bonds is 0. The zero-order valence-corrected chi connectivity index (χ0v) is 9.28. The lowest BCUT2D eigenvalue weighted by Gasteiger charge is -1.92. The highest BCUT2D eigenvalue weighted by atomic mass is 15.4. The molecule has 0 unspecified atom stereocenters. The molecule has 0 atom stereocenters. The molecule has 1 aromatic carbocycles. The summed E-state index contributed by atoms with van der Waals surface area (Å²) in [5.41, 5.74) is 7.68. The second-order valence-electron chi connectivity index (χ2n) is 3.04. The molecule has 3 nitrogen and oxygen atoms in total. The Kier molecular flexibility index (Phi) is 3.12. The lowest BCUT2D eigenvalue weighted by atomic mass is 10.2. The van der Waals surface area contributed by atoms with Gasteiger partial charge >= 0.3 is 0 Å². The SMILES string of the molecule is CC.Cn1c2ccc(N)cc2c[n+]1C. The highest BCUT2D eigenvalue weighted by Crippen LogP contribution is 2.14. The van der Waals surface area contributed by atoms with Crippen LogP contribution in [0.5, 0.6) is 0 Å². The van der Waals surface area contributed by atoms with Crippen LogP contribution in [0.25, 0.3) is 10.9 Å². The number of aromatic nitrogens is 2. The molecule has 0 aliphatic rings. The topological polar surface area (TPSA) is 34.8 Å².